The van der Waals surface area contributed by atoms with Crippen LogP contribution in [-0.4, -0.2) is 31.6 Å². The average Bonchev–Trinajstić information content (AvgIpc) is 2.15. The number of nitrogens with one attached hydrogen (secondary N) is 1. The summed E-state index contributed by atoms with van der Waals surface area (Å²) in [5.74, 6) is -0.614. The Kier molecular flexibility index (Phi) is 3.97. The third-order valence-corrected chi connectivity index (χ3v) is 2.60. The molecule has 0 radical (unpaired) electrons. The average molecular weight is 243 g/mol. The normalized spacial score (nSPS) is 11.1. The SMILES string of the molecule is Cc1cc(C(=O)NCCS(N)(=O)=O)ccn1. The Morgan fingerprint density at radius 1 is 1.56 bits per heavy atom. The third kappa shape index (κ3) is 4.37. The van der Waals surface area contributed by atoms with E-state index < -0.39 is 10.0 Å². The van der Waals surface area contributed by atoms with Crippen molar-refractivity contribution in [2.45, 2.75) is 6.92 Å². The number of aromatic nitrogens is 1. The van der Waals surface area contributed by atoms with Crippen LogP contribution >= 0.6 is 0 Å². The number of carbonyl (C=O) groups is 1. The van der Waals surface area contributed by atoms with Gasteiger partial charge in [-0.2, -0.15) is 0 Å². The van der Waals surface area contributed by atoms with Gasteiger partial charge in [0.05, 0.1) is 5.75 Å². The summed E-state index contributed by atoms with van der Waals surface area (Å²) in [5, 5.41) is 7.25. The third-order valence-electron chi connectivity index (χ3n) is 1.83. The lowest BCUT2D eigenvalue weighted by molar-refractivity contribution is 0.0956. The number of aryl methyl sites for hydroxylation is 1. The van der Waals surface area contributed by atoms with Crippen LogP contribution in [0.25, 0.3) is 0 Å². The number of nitrogens with two attached hydrogens (primary N) is 1. The first kappa shape index (κ1) is 12.6. The van der Waals surface area contributed by atoms with E-state index in [9.17, 15) is 13.2 Å². The second-order valence-electron chi connectivity index (χ2n) is 3.31. The van der Waals surface area contributed by atoms with Crippen LogP contribution < -0.4 is 10.5 Å². The molecule has 0 atom stereocenters. The number of sulfonamides is 1. The second-order valence-corrected chi connectivity index (χ2v) is 5.04. The zero-order chi connectivity index (χ0) is 12.2. The Morgan fingerprint density at radius 2 is 2.25 bits per heavy atom. The molecule has 7 heteroatoms. The number of nitrogens with zero attached hydrogens (tertiary/aromatic N) is 1. The molecule has 1 amide bonds. The summed E-state index contributed by atoms with van der Waals surface area (Å²) in [6.07, 6.45) is 1.52. The van der Waals surface area contributed by atoms with Crippen molar-refractivity contribution < 1.29 is 13.2 Å². The minimum absolute atomic E-state index is 0.000955. The number of rotatable bonds is 4. The van der Waals surface area contributed by atoms with Crippen LogP contribution in [-0.2, 0) is 10.0 Å². The van der Waals surface area contributed by atoms with Gasteiger partial charge in [-0.3, -0.25) is 9.78 Å². The van der Waals surface area contributed by atoms with Crippen molar-refractivity contribution in [3.8, 4) is 0 Å². The summed E-state index contributed by atoms with van der Waals surface area (Å²) < 4.78 is 21.2. The number of hydrogen-bond donors (Lipinski definition) is 2. The Hall–Kier alpha value is -1.47. The minimum Gasteiger partial charge on any atom is -0.351 e. The molecule has 1 heterocycles. The molecule has 1 aromatic rings. The van der Waals surface area contributed by atoms with Crippen LogP contribution in [0.5, 0.6) is 0 Å². The van der Waals surface area contributed by atoms with Crippen molar-refractivity contribution >= 4 is 15.9 Å². The van der Waals surface area contributed by atoms with Gasteiger partial charge in [0.1, 0.15) is 0 Å². The van der Waals surface area contributed by atoms with E-state index in [4.69, 9.17) is 5.14 Å². The van der Waals surface area contributed by atoms with Crippen LogP contribution in [0.15, 0.2) is 18.3 Å². The van der Waals surface area contributed by atoms with Crippen LogP contribution in [0.4, 0.5) is 0 Å². The summed E-state index contributed by atoms with van der Waals surface area (Å²) in [6.45, 7) is 1.76. The van der Waals surface area contributed by atoms with Gasteiger partial charge in [0.2, 0.25) is 10.0 Å². The van der Waals surface area contributed by atoms with E-state index >= 15 is 0 Å². The van der Waals surface area contributed by atoms with E-state index in [0.29, 0.717) is 5.56 Å². The highest BCUT2D eigenvalue weighted by Crippen LogP contribution is 1.99. The monoisotopic (exact) mass is 243 g/mol. The van der Waals surface area contributed by atoms with Gasteiger partial charge in [0.15, 0.2) is 0 Å². The molecule has 0 bridgehead atoms. The highest BCUT2D eigenvalue weighted by molar-refractivity contribution is 7.89. The summed E-state index contributed by atoms with van der Waals surface area (Å²) in [5.41, 5.74) is 1.17. The lowest BCUT2D eigenvalue weighted by Gasteiger charge is -2.04. The van der Waals surface area contributed by atoms with Gasteiger partial charge in [0.25, 0.3) is 5.91 Å². The van der Waals surface area contributed by atoms with Gasteiger partial charge in [-0.1, -0.05) is 0 Å². The molecule has 0 spiro atoms. The van der Waals surface area contributed by atoms with Crippen molar-refractivity contribution in [3.05, 3.63) is 29.6 Å². The summed E-state index contributed by atoms with van der Waals surface area (Å²) >= 11 is 0. The molecule has 1 rings (SSSR count). The smallest absolute Gasteiger partial charge is 0.251 e. The van der Waals surface area contributed by atoms with E-state index in [-0.39, 0.29) is 18.2 Å². The maximum absolute atomic E-state index is 11.5. The standard InChI is InChI=1S/C9H13N3O3S/c1-7-6-8(2-3-11-7)9(13)12-4-5-16(10,14)15/h2-3,6H,4-5H2,1H3,(H,12,13)(H2,10,14,15). The fourth-order valence-electron chi connectivity index (χ4n) is 1.10. The van der Waals surface area contributed by atoms with Crippen molar-refractivity contribution in [1.29, 1.82) is 0 Å². The molecule has 0 aliphatic rings. The second kappa shape index (κ2) is 5.04. The van der Waals surface area contributed by atoms with Crippen LogP contribution in [0, 0.1) is 6.92 Å². The zero-order valence-corrected chi connectivity index (χ0v) is 9.62. The predicted octanol–water partition coefficient (Wildman–Crippen LogP) is -0.592. The number of carbonyl (C=O) groups excluding carboxylic acids is 1. The van der Waals surface area contributed by atoms with Gasteiger partial charge in [0, 0.05) is 24.0 Å². The van der Waals surface area contributed by atoms with Gasteiger partial charge in [-0.25, -0.2) is 13.6 Å². The lowest BCUT2D eigenvalue weighted by Crippen LogP contribution is -2.31. The van der Waals surface area contributed by atoms with Gasteiger partial charge in [-0.15, -0.1) is 0 Å². The van der Waals surface area contributed by atoms with Gasteiger partial charge in [-0.05, 0) is 19.1 Å². The molecule has 6 nitrogen and oxygen atoms in total. The van der Waals surface area contributed by atoms with Crippen LogP contribution in [0.2, 0.25) is 0 Å². The van der Waals surface area contributed by atoms with Gasteiger partial charge < -0.3 is 5.32 Å². The Morgan fingerprint density at radius 3 is 2.81 bits per heavy atom. The number of primary sulfonamides is 1. The van der Waals surface area contributed by atoms with E-state index in [1.807, 2.05) is 0 Å². The first-order valence-corrected chi connectivity index (χ1v) is 6.31. The zero-order valence-electron chi connectivity index (χ0n) is 8.80. The molecule has 1 aromatic heterocycles. The van der Waals surface area contributed by atoms with E-state index in [1.54, 1.807) is 19.1 Å². The molecule has 0 unspecified atom stereocenters. The molecule has 0 aliphatic heterocycles. The molecule has 0 saturated carbocycles. The topological polar surface area (TPSA) is 102 Å². The molecule has 3 N–H and O–H groups in total. The number of pyridine rings is 1. The molecule has 0 fully saturated rings. The minimum atomic E-state index is -3.54. The molecule has 16 heavy (non-hydrogen) atoms. The molecule has 88 valence electrons. The molecule has 0 aromatic carbocycles. The Labute approximate surface area is 93.9 Å². The van der Waals surface area contributed by atoms with Crippen molar-refractivity contribution in [2.75, 3.05) is 12.3 Å². The van der Waals surface area contributed by atoms with E-state index in [2.05, 4.69) is 10.3 Å². The van der Waals surface area contributed by atoms with Crippen molar-refractivity contribution in [1.82, 2.24) is 10.3 Å². The fraction of sp³-hybridized carbons (Fsp3) is 0.333. The lowest BCUT2D eigenvalue weighted by atomic mass is 10.2. The quantitative estimate of drug-likeness (QED) is 0.737. The van der Waals surface area contributed by atoms with Crippen LogP contribution in [0.3, 0.4) is 0 Å². The first-order valence-electron chi connectivity index (χ1n) is 4.60. The number of hydrogen-bond acceptors (Lipinski definition) is 4. The summed E-state index contributed by atoms with van der Waals surface area (Å²) in [4.78, 5) is 15.5. The molecular formula is C9H13N3O3S. The predicted molar refractivity (Wildman–Crippen MR) is 59.3 cm³/mol. The highest BCUT2D eigenvalue weighted by atomic mass is 32.2. The summed E-state index contributed by atoms with van der Waals surface area (Å²) in [7, 11) is -3.54. The van der Waals surface area contributed by atoms with E-state index in [1.165, 1.54) is 6.20 Å². The Balaban J connectivity index is 2.54. The molecule has 0 saturated heterocycles. The summed E-state index contributed by atoms with van der Waals surface area (Å²) in [6, 6.07) is 3.17. The largest absolute Gasteiger partial charge is 0.351 e. The van der Waals surface area contributed by atoms with Gasteiger partial charge >= 0.3 is 0 Å². The Bertz CT molecular complexity index is 485. The maximum Gasteiger partial charge on any atom is 0.251 e. The molecular weight excluding hydrogens is 230 g/mol. The maximum atomic E-state index is 11.5. The van der Waals surface area contributed by atoms with Crippen molar-refractivity contribution in [2.24, 2.45) is 5.14 Å². The van der Waals surface area contributed by atoms with Crippen molar-refractivity contribution in [3.63, 3.8) is 0 Å². The number of amides is 1. The fourth-order valence-corrected chi connectivity index (χ4v) is 1.48. The van der Waals surface area contributed by atoms with E-state index in [0.717, 1.165) is 5.69 Å². The molecule has 0 aliphatic carbocycles. The van der Waals surface area contributed by atoms with Crippen LogP contribution in [0.1, 0.15) is 16.1 Å². The highest BCUT2D eigenvalue weighted by Gasteiger charge is 2.07. The first-order chi connectivity index (χ1) is 7.38.